The number of hydrogen-bond donors (Lipinski definition) is 1. The molecule has 0 aliphatic rings. The second kappa shape index (κ2) is 9.07. The Hall–Kier alpha value is -1.58. The largest absolute Gasteiger partial charge is 0.487 e. The van der Waals surface area contributed by atoms with E-state index in [4.69, 9.17) is 51.1 Å². The van der Waals surface area contributed by atoms with E-state index in [0.29, 0.717) is 39.0 Å². The van der Waals surface area contributed by atoms with Gasteiger partial charge in [0.15, 0.2) is 0 Å². The van der Waals surface area contributed by atoms with Crippen LogP contribution in [0.3, 0.4) is 0 Å². The smallest absolute Gasteiger partial charge is 0.143 e. The van der Waals surface area contributed by atoms with Gasteiger partial charge in [-0.25, -0.2) is 0 Å². The number of hydrogen-bond acceptors (Lipinski definition) is 2. The van der Waals surface area contributed by atoms with Gasteiger partial charge in [0, 0.05) is 32.9 Å². The number of aryl methyl sites for hydroxylation is 1. The van der Waals surface area contributed by atoms with E-state index in [9.17, 15) is 0 Å². The minimum absolute atomic E-state index is 0.414. The van der Waals surface area contributed by atoms with Crippen molar-refractivity contribution in [1.29, 1.82) is 0 Å². The average Bonchev–Trinajstić information content (AvgIpc) is 2.59. The van der Waals surface area contributed by atoms with Gasteiger partial charge in [0.1, 0.15) is 12.4 Å². The van der Waals surface area contributed by atoms with Crippen molar-refractivity contribution < 1.29 is 4.74 Å². The molecule has 3 rings (SSSR count). The van der Waals surface area contributed by atoms with Crippen LogP contribution in [0.25, 0.3) is 0 Å². The van der Waals surface area contributed by atoms with Gasteiger partial charge in [-0.15, -0.1) is 0 Å². The topological polar surface area (TPSA) is 21.3 Å². The van der Waals surface area contributed by atoms with Crippen LogP contribution in [0.5, 0.6) is 5.75 Å². The molecule has 0 aliphatic carbocycles. The zero-order chi connectivity index (χ0) is 19.4. The predicted molar refractivity (Wildman–Crippen MR) is 116 cm³/mol. The molecule has 0 saturated carbocycles. The maximum absolute atomic E-state index is 6.38. The lowest BCUT2D eigenvalue weighted by Gasteiger charge is -2.15. The Morgan fingerprint density at radius 2 is 1.44 bits per heavy atom. The summed E-state index contributed by atoms with van der Waals surface area (Å²) in [5, 5.41) is 5.41. The molecule has 0 aromatic heterocycles. The Labute approximate surface area is 179 Å². The van der Waals surface area contributed by atoms with E-state index in [2.05, 4.69) is 5.32 Å². The van der Waals surface area contributed by atoms with Crippen LogP contribution in [0.15, 0.2) is 54.6 Å². The Morgan fingerprint density at radius 3 is 2.11 bits per heavy atom. The van der Waals surface area contributed by atoms with Gasteiger partial charge in [-0.05, 0) is 42.8 Å². The molecule has 0 aliphatic heterocycles. The van der Waals surface area contributed by atoms with E-state index >= 15 is 0 Å². The molecular formula is C21H17Cl4NO. The molecule has 0 fully saturated rings. The van der Waals surface area contributed by atoms with Crippen molar-refractivity contribution in [1.82, 2.24) is 0 Å². The predicted octanol–water partition coefficient (Wildman–Crippen LogP) is 7.80. The summed E-state index contributed by atoms with van der Waals surface area (Å²) in [6.07, 6.45) is 0. The summed E-state index contributed by atoms with van der Waals surface area (Å²) in [5.74, 6) is 0.599. The minimum atomic E-state index is 0.414. The summed E-state index contributed by atoms with van der Waals surface area (Å²) in [4.78, 5) is 0. The third kappa shape index (κ3) is 5.70. The molecule has 0 atom stereocenters. The molecular weight excluding hydrogens is 424 g/mol. The summed E-state index contributed by atoms with van der Waals surface area (Å²) < 4.78 is 6.00. The van der Waals surface area contributed by atoms with Crippen molar-refractivity contribution in [3.63, 3.8) is 0 Å². The Kier molecular flexibility index (Phi) is 6.78. The third-order valence-corrected chi connectivity index (χ3v) is 4.87. The summed E-state index contributed by atoms with van der Waals surface area (Å²) in [7, 11) is 0. The zero-order valence-corrected chi connectivity index (χ0v) is 17.6. The molecule has 2 nitrogen and oxygen atoms in total. The van der Waals surface area contributed by atoms with Crippen LogP contribution >= 0.6 is 46.4 Å². The van der Waals surface area contributed by atoms with E-state index in [1.165, 1.54) is 5.56 Å². The first-order chi connectivity index (χ1) is 12.9. The van der Waals surface area contributed by atoms with E-state index in [0.717, 1.165) is 16.8 Å². The average molecular weight is 441 g/mol. The fourth-order valence-electron chi connectivity index (χ4n) is 2.60. The SMILES string of the molecule is Cc1ccc(COc2c(Cl)cc(Cl)cc2CNc2cc(Cl)cc(Cl)c2)cc1. The van der Waals surface area contributed by atoms with Gasteiger partial charge in [-0.2, -0.15) is 0 Å². The molecule has 0 unspecified atom stereocenters. The van der Waals surface area contributed by atoms with Crippen molar-refractivity contribution in [2.75, 3.05) is 5.32 Å². The first-order valence-corrected chi connectivity index (χ1v) is 9.78. The summed E-state index contributed by atoms with van der Waals surface area (Å²) >= 11 is 24.7. The number of ether oxygens (including phenoxy) is 1. The number of rotatable bonds is 6. The summed E-state index contributed by atoms with van der Waals surface area (Å²) in [6, 6.07) is 16.9. The van der Waals surface area contributed by atoms with Crippen LogP contribution in [0.2, 0.25) is 20.1 Å². The minimum Gasteiger partial charge on any atom is -0.487 e. The number of benzene rings is 3. The van der Waals surface area contributed by atoms with Crippen LogP contribution in [-0.2, 0) is 13.2 Å². The monoisotopic (exact) mass is 439 g/mol. The Balaban J connectivity index is 1.78. The first kappa shape index (κ1) is 20.2. The van der Waals surface area contributed by atoms with E-state index < -0.39 is 0 Å². The van der Waals surface area contributed by atoms with E-state index in [1.54, 1.807) is 24.3 Å². The van der Waals surface area contributed by atoms with Crippen molar-refractivity contribution in [2.24, 2.45) is 0 Å². The zero-order valence-electron chi connectivity index (χ0n) is 14.5. The second-order valence-electron chi connectivity index (χ2n) is 6.16. The van der Waals surface area contributed by atoms with E-state index in [-0.39, 0.29) is 0 Å². The first-order valence-electron chi connectivity index (χ1n) is 8.27. The molecule has 0 spiro atoms. The number of anilines is 1. The summed E-state index contributed by atoms with van der Waals surface area (Å²) in [6.45, 7) is 2.92. The molecule has 0 amide bonds. The van der Waals surface area contributed by atoms with Crippen molar-refractivity contribution in [3.8, 4) is 5.75 Å². The van der Waals surface area contributed by atoms with Gasteiger partial charge in [0.2, 0.25) is 0 Å². The van der Waals surface area contributed by atoms with Crippen LogP contribution in [-0.4, -0.2) is 0 Å². The highest BCUT2D eigenvalue weighted by Crippen LogP contribution is 2.34. The highest BCUT2D eigenvalue weighted by atomic mass is 35.5. The van der Waals surface area contributed by atoms with Crippen molar-refractivity contribution in [2.45, 2.75) is 20.1 Å². The Morgan fingerprint density at radius 1 is 0.815 bits per heavy atom. The van der Waals surface area contributed by atoms with Crippen LogP contribution in [0, 0.1) is 6.92 Å². The molecule has 0 heterocycles. The van der Waals surface area contributed by atoms with Gasteiger partial charge in [0.05, 0.1) is 5.02 Å². The second-order valence-corrected chi connectivity index (χ2v) is 7.88. The quantitative estimate of drug-likeness (QED) is 0.422. The lowest BCUT2D eigenvalue weighted by atomic mass is 10.1. The summed E-state index contributed by atoms with van der Waals surface area (Å²) in [5.41, 5.74) is 3.91. The van der Waals surface area contributed by atoms with Crippen molar-refractivity contribution in [3.05, 3.63) is 91.4 Å². The van der Waals surface area contributed by atoms with Crippen molar-refractivity contribution >= 4 is 52.1 Å². The van der Waals surface area contributed by atoms with Crippen LogP contribution in [0.1, 0.15) is 16.7 Å². The molecule has 140 valence electrons. The molecule has 27 heavy (non-hydrogen) atoms. The Bertz CT molecular complexity index is 921. The third-order valence-electron chi connectivity index (χ3n) is 3.93. The lowest BCUT2D eigenvalue weighted by Crippen LogP contribution is -2.04. The highest BCUT2D eigenvalue weighted by molar-refractivity contribution is 6.36. The van der Waals surface area contributed by atoms with Crippen LogP contribution < -0.4 is 10.1 Å². The molecule has 1 N–H and O–H groups in total. The molecule has 6 heteroatoms. The normalized spacial score (nSPS) is 10.7. The van der Waals surface area contributed by atoms with Gasteiger partial charge in [-0.1, -0.05) is 76.2 Å². The molecule has 0 saturated heterocycles. The van der Waals surface area contributed by atoms with Gasteiger partial charge in [-0.3, -0.25) is 0 Å². The lowest BCUT2D eigenvalue weighted by molar-refractivity contribution is 0.303. The van der Waals surface area contributed by atoms with Gasteiger partial charge in [0.25, 0.3) is 0 Å². The van der Waals surface area contributed by atoms with Gasteiger partial charge >= 0.3 is 0 Å². The fraction of sp³-hybridized carbons (Fsp3) is 0.143. The standard InChI is InChI=1S/C21H17Cl4NO/c1-13-2-4-14(5-3-13)12-27-21-15(6-16(22)10-20(21)25)11-26-19-8-17(23)7-18(24)9-19/h2-10,26H,11-12H2,1H3. The maximum Gasteiger partial charge on any atom is 0.143 e. The molecule has 3 aromatic rings. The highest BCUT2D eigenvalue weighted by Gasteiger charge is 2.12. The fourth-order valence-corrected chi connectivity index (χ4v) is 3.72. The number of halogens is 4. The van der Waals surface area contributed by atoms with Crippen LogP contribution in [0.4, 0.5) is 5.69 Å². The van der Waals surface area contributed by atoms with E-state index in [1.807, 2.05) is 37.3 Å². The molecule has 0 radical (unpaired) electrons. The van der Waals surface area contributed by atoms with Gasteiger partial charge < -0.3 is 10.1 Å². The molecule has 3 aromatic carbocycles. The maximum atomic E-state index is 6.38. The molecule has 0 bridgehead atoms. The number of nitrogens with one attached hydrogen (secondary N) is 1.